The molecule has 1 amide bonds. The smallest absolute Gasteiger partial charge is 0.410 e. The molecule has 0 atom stereocenters. The van der Waals surface area contributed by atoms with E-state index in [1.165, 1.54) is 7.11 Å². The first-order valence-electron chi connectivity index (χ1n) is 14.3. The highest BCUT2D eigenvalue weighted by Gasteiger charge is 2.22. The zero-order chi connectivity index (χ0) is 29.1. The van der Waals surface area contributed by atoms with E-state index in [2.05, 4.69) is 40.2 Å². The number of hydrogen-bond donors (Lipinski definition) is 0. The third-order valence-corrected chi connectivity index (χ3v) is 7.50. The molecule has 42 heavy (non-hydrogen) atoms. The van der Waals surface area contributed by atoms with Crippen molar-refractivity contribution in [3.63, 3.8) is 0 Å². The summed E-state index contributed by atoms with van der Waals surface area (Å²) in [4.78, 5) is 37.6. The van der Waals surface area contributed by atoms with E-state index < -0.39 is 0 Å². The molecule has 0 aliphatic carbocycles. The Hall–Kier alpha value is -4.72. The van der Waals surface area contributed by atoms with Gasteiger partial charge in [0, 0.05) is 50.2 Å². The molecule has 8 nitrogen and oxygen atoms in total. The van der Waals surface area contributed by atoms with E-state index >= 15 is 0 Å². The number of carbonyl (C=O) groups is 2. The quantitative estimate of drug-likeness (QED) is 0.250. The van der Waals surface area contributed by atoms with Gasteiger partial charge in [-0.2, -0.15) is 0 Å². The van der Waals surface area contributed by atoms with E-state index in [4.69, 9.17) is 14.5 Å². The third kappa shape index (κ3) is 7.94. The fraction of sp³-hybridized carbons (Fsp3) is 0.294. The summed E-state index contributed by atoms with van der Waals surface area (Å²) in [5.74, 6) is 0.546. The van der Waals surface area contributed by atoms with Crippen LogP contribution >= 0.6 is 0 Å². The Labute approximate surface area is 246 Å². The van der Waals surface area contributed by atoms with Crippen molar-refractivity contribution in [2.45, 2.75) is 32.3 Å². The average molecular weight is 565 g/mol. The maximum Gasteiger partial charge on any atom is 0.410 e. The molecule has 216 valence electrons. The van der Waals surface area contributed by atoms with Gasteiger partial charge in [0.05, 0.1) is 13.5 Å². The first kappa shape index (κ1) is 28.8. The lowest BCUT2D eigenvalue weighted by Gasteiger charge is -2.35. The number of hydrogen-bond acceptors (Lipinski definition) is 7. The van der Waals surface area contributed by atoms with Gasteiger partial charge in [0.25, 0.3) is 0 Å². The summed E-state index contributed by atoms with van der Waals surface area (Å²) in [5, 5.41) is 0. The van der Waals surface area contributed by atoms with Gasteiger partial charge in [0.2, 0.25) is 0 Å². The summed E-state index contributed by atoms with van der Waals surface area (Å²) in [6.07, 6.45) is 4.02. The number of aryl methyl sites for hydroxylation is 2. The summed E-state index contributed by atoms with van der Waals surface area (Å²) >= 11 is 0. The second kappa shape index (κ2) is 14.3. The Morgan fingerprint density at radius 3 is 2.24 bits per heavy atom. The first-order valence-corrected chi connectivity index (χ1v) is 14.3. The minimum atomic E-state index is -0.263. The minimum absolute atomic E-state index is 0.237. The summed E-state index contributed by atoms with van der Waals surface area (Å²) in [6.45, 7) is 3.06. The molecule has 0 bridgehead atoms. The predicted octanol–water partition coefficient (Wildman–Crippen LogP) is 5.03. The second-order valence-corrected chi connectivity index (χ2v) is 10.3. The van der Waals surface area contributed by atoms with Crippen molar-refractivity contribution < 1.29 is 19.1 Å². The van der Waals surface area contributed by atoms with Gasteiger partial charge in [0.15, 0.2) is 0 Å². The molecule has 0 spiro atoms. The molecule has 0 saturated carbocycles. The molecule has 1 saturated heterocycles. The van der Waals surface area contributed by atoms with Crippen molar-refractivity contribution in [1.29, 1.82) is 0 Å². The summed E-state index contributed by atoms with van der Waals surface area (Å²) in [6, 6.07) is 28.1. The van der Waals surface area contributed by atoms with E-state index in [9.17, 15) is 9.59 Å². The van der Waals surface area contributed by atoms with Crippen LogP contribution in [0.3, 0.4) is 0 Å². The van der Waals surface area contributed by atoms with E-state index in [1.54, 1.807) is 4.90 Å². The molecule has 2 heterocycles. The highest BCUT2D eigenvalue weighted by Crippen LogP contribution is 2.19. The Morgan fingerprint density at radius 1 is 0.786 bits per heavy atom. The summed E-state index contributed by atoms with van der Waals surface area (Å²) in [5.41, 5.74) is 6.36. The van der Waals surface area contributed by atoms with Gasteiger partial charge < -0.3 is 19.3 Å². The van der Waals surface area contributed by atoms with Gasteiger partial charge >= 0.3 is 12.1 Å². The van der Waals surface area contributed by atoms with Crippen molar-refractivity contribution in [2.75, 3.05) is 38.2 Å². The maximum atomic E-state index is 12.5. The van der Waals surface area contributed by atoms with E-state index in [-0.39, 0.29) is 18.5 Å². The SMILES string of the molecule is COC(=O)Cc1ccccc1CCc1ccnc(Cc2ccc(N3CCN(C(=O)OCc4ccccc4)CC3)cc2)n1. The van der Waals surface area contributed by atoms with Gasteiger partial charge in [0.1, 0.15) is 12.4 Å². The lowest BCUT2D eigenvalue weighted by Crippen LogP contribution is -2.48. The number of esters is 1. The number of ether oxygens (including phenoxy) is 2. The highest BCUT2D eigenvalue weighted by molar-refractivity contribution is 5.73. The molecule has 1 aromatic heterocycles. The van der Waals surface area contributed by atoms with Crippen molar-refractivity contribution in [1.82, 2.24) is 14.9 Å². The molecule has 4 aromatic rings. The number of piperazine rings is 1. The van der Waals surface area contributed by atoms with E-state index in [1.807, 2.05) is 60.8 Å². The van der Waals surface area contributed by atoms with Crippen molar-refractivity contribution in [3.05, 3.63) is 125 Å². The molecule has 1 aliphatic heterocycles. The largest absolute Gasteiger partial charge is 0.469 e. The maximum absolute atomic E-state index is 12.5. The average Bonchev–Trinajstić information content (AvgIpc) is 3.04. The van der Waals surface area contributed by atoms with Crippen LogP contribution in [0.1, 0.15) is 33.8 Å². The van der Waals surface area contributed by atoms with Crippen LogP contribution in [0, 0.1) is 0 Å². The number of anilines is 1. The lowest BCUT2D eigenvalue weighted by molar-refractivity contribution is -0.139. The number of methoxy groups -OCH3 is 1. The molecular weight excluding hydrogens is 528 g/mol. The number of aromatic nitrogens is 2. The van der Waals surface area contributed by atoms with Gasteiger partial charge in [-0.25, -0.2) is 14.8 Å². The molecule has 1 fully saturated rings. The van der Waals surface area contributed by atoms with Crippen LogP contribution in [-0.2, 0) is 46.6 Å². The lowest BCUT2D eigenvalue weighted by atomic mass is 9.99. The van der Waals surface area contributed by atoms with Gasteiger partial charge in [-0.3, -0.25) is 4.79 Å². The molecule has 0 unspecified atom stereocenters. The Balaban J connectivity index is 1.10. The fourth-order valence-electron chi connectivity index (χ4n) is 5.09. The van der Waals surface area contributed by atoms with Crippen molar-refractivity contribution in [3.8, 4) is 0 Å². The molecule has 8 heteroatoms. The highest BCUT2D eigenvalue weighted by atomic mass is 16.6. The number of rotatable bonds is 10. The van der Waals surface area contributed by atoms with Crippen LogP contribution in [0.2, 0.25) is 0 Å². The van der Waals surface area contributed by atoms with Crippen LogP contribution in [0.25, 0.3) is 0 Å². The normalized spacial score (nSPS) is 13.1. The van der Waals surface area contributed by atoms with Crippen LogP contribution < -0.4 is 4.90 Å². The number of amides is 1. The topological polar surface area (TPSA) is 84.9 Å². The molecule has 1 aliphatic rings. The zero-order valence-corrected chi connectivity index (χ0v) is 23.9. The summed E-state index contributed by atoms with van der Waals surface area (Å²) < 4.78 is 10.3. The first-order chi connectivity index (χ1) is 20.6. The van der Waals surface area contributed by atoms with Gasteiger partial charge in [-0.05, 0) is 53.3 Å². The fourth-order valence-corrected chi connectivity index (χ4v) is 5.09. The monoisotopic (exact) mass is 564 g/mol. The zero-order valence-electron chi connectivity index (χ0n) is 23.9. The van der Waals surface area contributed by atoms with E-state index in [0.29, 0.717) is 26.1 Å². The molecular formula is C34H36N4O4. The van der Waals surface area contributed by atoms with Crippen LogP contribution in [0.4, 0.5) is 10.5 Å². The number of carbonyl (C=O) groups excluding carboxylic acids is 2. The Bertz CT molecular complexity index is 1470. The number of benzene rings is 3. The van der Waals surface area contributed by atoms with E-state index in [0.717, 1.165) is 65.4 Å². The van der Waals surface area contributed by atoms with Crippen LogP contribution in [0.5, 0.6) is 0 Å². The molecule has 3 aromatic carbocycles. The standard InChI is InChI=1S/C34H36N4O4/c1-41-33(39)24-29-10-6-5-9-28(29)13-14-30-17-18-35-32(36-30)23-26-11-15-31(16-12-26)37-19-21-38(22-20-37)34(40)42-25-27-7-3-2-4-8-27/h2-12,15-18H,13-14,19-25H2,1H3. The Kier molecular flexibility index (Phi) is 9.77. The number of nitrogens with zero attached hydrogens (tertiary/aromatic N) is 4. The van der Waals surface area contributed by atoms with Gasteiger partial charge in [-0.15, -0.1) is 0 Å². The van der Waals surface area contributed by atoms with Gasteiger partial charge in [-0.1, -0.05) is 66.7 Å². The van der Waals surface area contributed by atoms with Crippen LogP contribution in [0.15, 0.2) is 91.1 Å². The van der Waals surface area contributed by atoms with Crippen molar-refractivity contribution >= 4 is 17.7 Å². The van der Waals surface area contributed by atoms with Crippen molar-refractivity contribution in [2.24, 2.45) is 0 Å². The molecule has 0 radical (unpaired) electrons. The van der Waals surface area contributed by atoms with Crippen LogP contribution in [-0.4, -0.2) is 60.2 Å². The third-order valence-electron chi connectivity index (χ3n) is 7.50. The molecule has 5 rings (SSSR count). The predicted molar refractivity (Wildman–Crippen MR) is 161 cm³/mol. The molecule has 0 N–H and O–H groups in total. The minimum Gasteiger partial charge on any atom is -0.469 e. The Morgan fingerprint density at radius 2 is 1.50 bits per heavy atom. The second-order valence-electron chi connectivity index (χ2n) is 10.3. The summed E-state index contributed by atoms with van der Waals surface area (Å²) in [7, 11) is 1.41.